The Labute approximate surface area is 144 Å². The summed E-state index contributed by atoms with van der Waals surface area (Å²) in [5.41, 5.74) is 6.23. The van der Waals surface area contributed by atoms with Crippen LogP contribution in [0.2, 0.25) is 0 Å². The van der Waals surface area contributed by atoms with Gasteiger partial charge in [0.2, 0.25) is 11.8 Å². The van der Waals surface area contributed by atoms with E-state index in [1.54, 1.807) is 0 Å². The molecule has 0 saturated carbocycles. The van der Waals surface area contributed by atoms with Crippen LogP contribution in [0.1, 0.15) is 44.9 Å². The summed E-state index contributed by atoms with van der Waals surface area (Å²) in [4.78, 5) is 28.5. The zero-order chi connectivity index (χ0) is 16.9. The van der Waals surface area contributed by atoms with E-state index in [1.807, 2.05) is 9.80 Å². The van der Waals surface area contributed by atoms with Crippen LogP contribution in [0.3, 0.4) is 0 Å². The zero-order valence-electron chi connectivity index (χ0n) is 14.6. The molecule has 3 rings (SSSR count). The van der Waals surface area contributed by atoms with Crippen LogP contribution in [0.4, 0.5) is 0 Å². The summed E-state index contributed by atoms with van der Waals surface area (Å²) in [6.07, 6.45) is 6.61. The SMILES string of the molecule is NC(C(=O)N1CCC(CN2CCCCC2=O)CC1)C1CCOCC1. The van der Waals surface area contributed by atoms with E-state index in [9.17, 15) is 9.59 Å². The first-order valence-electron chi connectivity index (χ1n) is 9.55. The number of likely N-dealkylation sites (tertiary alicyclic amines) is 2. The van der Waals surface area contributed by atoms with E-state index in [0.717, 1.165) is 77.9 Å². The Morgan fingerprint density at radius 2 is 1.83 bits per heavy atom. The molecule has 3 heterocycles. The van der Waals surface area contributed by atoms with Crippen LogP contribution in [-0.4, -0.2) is 67.0 Å². The third-order valence-electron chi connectivity index (χ3n) is 5.89. The first-order valence-corrected chi connectivity index (χ1v) is 9.55. The smallest absolute Gasteiger partial charge is 0.239 e. The lowest BCUT2D eigenvalue weighted by Crippen LogP contribution is -2.52. The normalized spacial score (nSPS) is 25.8. The van der Waals surface area contributed by atoms with Crippen LogP contribution >= 0.6 is 0 Å². The van der Waals surface area contributed by atoms with Crippen molar-refractivity contribution in [3.05, 3.63) is 0 Å². The first kappa shape index (κ1) is 17.7. The molecule has 3 aliphatic rings. The number of hydrogen-bond donors (Lipinski definition) is 1. The van der Waals surface area contributed by atoms with Crippen LogP contribution in [-0.2, 0) is 14.3 Å². The number of ether oxygens (including phenoxy) is 1. The predicted octanol–water partition coefficient (Wildman–Crippen LogP) is 0.991. The predicted molar refractivity (Wildman–Crippen MR) is 91.3 cm³/mol. The molecular formula is C18H31N3O3. The molecule has 3 aliphatic heterocycles. The molecule has 0 aliphatic carbocycles. The van der Waals surface area contributed by atoms with Crippen LogP contribution in [0, 0.1) is 11.8 Å². The van der Waals surface area contributed by atoms with E-state index in [-0.39, 0.29) is 17.9 Å². The van der Waals surface area contributed by atoms with E-state index in [1.165, 1.54) is 0 Å². The Hall–Kier alpha value is -1.14. The van der Waals surface area contributed by atoms with Crippen molar-refractivity contribution in [2.75, 3.05) is 39.4 Å². The van der Waals surface area contributed by atoms with Crippen molar-refractivity contribution in [3.63, 3.8) is 0 Å². The molecule has 3 fully saturated rings. The lowest BCUT2D eigenvalue weighted by molar-refractivity contribution is -0.138. The van der Waals surface area contributed by atoms with Gasteiger partial charge in [-0.2, -0.15) is 0 Å². The van der Waals surface area contributed by atoms with Crippen LogP contribution < -0.4 is 5.73 Å². The van der Waals surface area contributed by atoms with Crippen molar-refractivity contribution in [1.82, 2.24) is 9.80 Å². The van der Waals surface area contributed by atoms with Crippen molar-refractivity contribution < 1.29 is 14.3 Å². The quantitative estimate of drug-likeness (QED) is 0.830. The number of carbonyl (C=O) groups is 2. The number of hydrogen-bond acceptors (Lipinski definition) is 4. The number of carbonyl (C=O) groups excluding carboxylic acids is 2. The molecule has 3 saturated heterocycles. The Bertz CT molecular complexity index is 443. The number of amides is 2. The Morgan fingerprint density at radius 3 is 2.50 bits per heavy atom. The highest BCUT2D eigenvalue weighted by Crippen LogP contribution is 2.24. The van der Waals surface area contributed by atoms with Crippen LogP contribution in [0.25, 0.3) is 0 Å². The van der Waals surface area contributed by atoms with Gasteiger partial charge in [-0.15, -0.1) is 0 Å². The molecule has 0 aromatic carbocycles. The zero-order valence-corrected chi connectivity index (χ0v) is 14.6. The van der Waals surface area contributed by atoms with Crippen LogP contribution in [0.15, 0.2) is 0 Å². The number of rotatable bonds is 4. The van der Waals surface area contributed by atoms with E-state index in [0.29, 0.717) is 18.2 Å². The van der Waals surface area contributed by atoms with E-state index in [2.05, 4.69) is 0 Å². The average molecular weight is 337 g/mol. The van der Waals surface area contributed by atoms with E-state index >= 15 is 0 Å². The highest BCUT2D eigenvalue weighted by atomic mass is 16.5. The van der Waals surface area contributed by atoms with Gasteiger partial charge < -0.3 is 20.3 Å². The molecular weight excluding hydrogens is 306 g/mol. The molecule has 0 aromatic rings. The molecule has 24 heavy (non-hydrogen) atoms. The Morgan fingerprint density at radius 1 is 1.12 bits per heavy atom. The van der Waals surface area contributed by atoms with Gasteiger partial charge in [-0.25, -0.2) is 0 Å². The number of piperidine rings is 2. The van der Waals surface area contributed by atoms with Gasteiger partial charge in [-0.3, -0.25) is 9.59 Å². The Kier molecular flexibility index (Phi) is 6.11. The second-order valence-electron chi connectivity index (χ2n) is 7.54. The molecule has 1 unspecified atom stereocenters. The standard InChI is InChI=1S/C18H31N3O3/c19-17(15-6-11-24-12-7-15)18(23)20-9-4-14(5-10-20)13-21-8-2-1-3-16(21)22/h14-15,17H,1-13,19H2. The topological polar surface area (TPSA) is 75.9 Å². The van der Waals surface area contributed by atoms with Gasteiger partial charge in [0, 0.05) is 45.8 Å². The van der Waals surface area contributed by atoms with Crippen molar-refractivity contribution in [3.8, 4) is 0 Å². The van der Waals surface area contributed by atoms with Crippen molar-refractivity contribution in [2.45, 2.75) is 51.0 Å². The average Bonchev–Trinajstić information content (AvgIpc) is 2.64. The molecule has 6 nitrogen and oxygen atoms in total. The minimum Gasteiger partial charge on any atom is -0.381 e. The summed E-state index contributed by atoms with van der Waals surface area (Å²) in [5.74, 6) is 1.20. The summed E-state index contributed by atoms with van der Waals surface area (Å²) in [6, 6.07) is -0.380. The maximum absolute atomic E-state index is 12.6. The summed E-state index contributed by atoms with van der Waals surface area (Å²) in [5, 5.41) is 0. The molecule has 2 amide bonds. The second-order valence-corrected chi connectivity index (χ2v) is 7.54. The fraction of sp³-hybridized carbons (Fsp3) is 0.889. The van der Waals surface area contributed by atoms with Crippen LogP contribution in [0.5, 0.6) is 0 Å². The summed E-state index contributed by atoms with van der Waals surface area (Å²) < 4.78 is 5.36. The molecule has 1 atom stereocenters. The van der Waals surface area contributed by atoms with Gasteiger partial charge in [0.15, 0.2) is 0 Å². The van der Waals surface area contributed by atoms with Gasteiger partial charge in [0.05, 0.1) is 6.04 Å². The molecule has 0 bridgehead atoms. The third kappa shape index (κ3) is 4.28. The van der Waals surface area contributed by atoms with Gasteiger partial charge in [0.25, 0.3) is 0 Å². The van der Waals surface area contributed by atoms with Gasteiger partial charge in [-0.05, 0) is 50.4 Å². The highest BCUT2D eigenvalue weighted by molar-refractivity contribution is 5.82. The minimum atomic E-state index is -0.380. The second kappa shape index (κ2) is 8.30. The van der Waals surface area contributed by atoms with E-state index in [4.69, 9.17) is 10.5 Å². The molecule has 6 heteroatoms. The van der Waals surface area contributed by atoms with Gasteiger partial charge in [0.1, 0.15) is 0 Å². The number of nitrogens with zero attached hydrogens (tertiary/aromatic N) is 2. The highest BCUT2D eigenvalue weighted by Gasteiger charge is 2.32. The maximum atomic E-state index is 12.6. The van der Waals surface area contributed by atoms with Gasteiger partial charge in [-0.1, -0.05) is 0 Å². The molecule has 0 aromatic heterocycles. The van der Waals surface area contributed by atoms with E-state index < -0.39 is 0 Å². The summed E-state index contributed by atoms with van der Waals surface area (Å²) >= 11 is 0. The summed E-state index contributed by atoms with van der Waals surface area (Å²) in [6.45, 7) is 4.78. The molecule has 2 N–H and O–H groups in total. The van der Waals surface area contributed by atoms with Gasteiger partial charge >= 0.3 is 0 Å². The van der Waals surface area contributed by atoms with Crippen molar-refractivity contribution in [1.29, 1.82) is 0 Å². The Balaban J connectivity index is 1.44. The molecule has 136 valence electrons. The lowest BCUT2D eigenvalue weighted by atomic mass is 9.90. The lowest BCUT2D eigenvalue weighted by Gasteiger charge is -2.38. The molecule has 0 spiro atoms. The fourth-order valence-electron chi connectivity index (χ4n) is 4.19. The summed E-state index contributed by atoms with van der Waals surface area (Å²) in [7, 11) is 0. The largest absolute Gasteiger partial charge is 0.381 e. The fourth-order valence-corrected chi connectivity index (χ4v) is 4.19. The third-order valence-corrected chi connectivity index (χ3v) is 5.89. The molecule has 0 radical (unpaired) electrons. The number of nitrogens with two attached hydrogens (primary N) is 1. The van der Waals surface area contributed by atoms with Crippen molar-refractivity contribution >= 4 is 11.8 Å². The minimum absolute atomic E-state index is 0.106. The van der Waals surface area contributed by atoms with Crippen molar-refractivity contribution in [2.24, 2.45) is 17.6 Å². The maximum Gasteiger partial charge on any atom is 0.239 e. The monoisotopic (exact) mass is 337 g/mol. The first-order chi connectivity index (χ1) is 11.6.